The van der Waals surface area contributed by atoms with Crippen LogP contribution in [0.5, 0.6) is 5.75 Å². The summed E-state index contributed by atoms with van der Waals surface area (Å²) in [6, 6.07) is 18.0. The predicted molar refractivity (Wildman–Crippen MR) is 72.3 cm³/mol. The normalized spacial score (nSPS) is 11.6. The maximum atomic E-state index is 8.84. The second-order valence-electron chi connectivity index (χ2n) is 4.20. The molecule has 0 aliphatic heterocycles. The number of hydrogen-bond acceptors (Lipinski definition) is 2. The van der Waals surface area contributed by atoms with Crippen LogP contribution in [0.25, 0.3) is 11.1 Å². The highest BCUT2D eigenvalue weighted by Crippen LogP contribution is 2.32. The molecule has 1 atom stereocenters. The van der Waals surface area contributed by atoms with E-state index in [4.69, 9.17) is 10.00 Å². The molecule has 0 saturated carbocycles. The van der Waals surface area contributed by atoms with Crippen molar-refractivity contribution < 1.29 is 4.74 Å². The minimum absolute atomic E-state index is 0.449. The molecule has 0 aromatic heterocycles. The average Bonchev–Trinajstić information content (AvgIpc) is 2.40. The second-order valence-corrected chi connectivity index (χ2v) is 4.20. The van der Waals surface area contributed by atoms with Crippen LogP contribution >= 0.6 is 0 Å². The van der Waals surface area contributed by atoms with Crippen LogP contribution < -0.4 is 4.74 Å². The topological polar surface area (TPSA) is 33.0 Å². The quantitative estimate of drug-likeness (QED) is 0.809. The van der Waals surface area contributed by atoms with Gasteiger partial charge in [0.15, 0.2) is 6.10 Å². The van der Waals surface area contributed by atoms with Crippen LogP contribution in [-0.2, 0) is 0 Å². The summed E-state index contributed by atoms with van der Waals surface area (Å²) in [5.41, 5.74) is 3.36. The Morgan fingerprint density at radius 1 is 1.00 bits per heavy atom. The average molecular weight is 237 g/mol. The third kappa shape index (κ3) is 2.52. The number of hydrogen-bond donors (Lipinski definition) is 0. The van der Waals surface area contributed by atoms with Crippen LogP contribution in [0.2, 0.25) is 0 Å². The molecule has 0 heterocycles. The molecule has 0 saturated heterocycles. The number of aryl methyl sites for hydroxylation is 1. The van der Waals surface area contributed by atoms with Crippen molar-refractivity contribution in [1.29, 1.82) is 5.26 Å². The van der Waals surface area contributed by atoms with Gasteiger partial charge in [0, 0.05) is 5.56 Å². The number of nitrogens with zero attached hydrogens (tertiary/aromatic N) is 1. The highest BCUT2D eigenvalue weighted by atomic mass is 16.5. The molecular weight excluding hydrogens is 222 g/mol. The van der Waals surface area contributed by atoms with Crippen molar-refractivity contribution in [1.82, 2.24) is 0 Å². The molecular formula is C16H15NO. The highest BCUT2D eigenvalue weighted by molar-refractivity contribution is 5.73. The Bertz CT molecular complexity index is 584. The number of ether oxygens (including phenoxy) is 1. The molecule has 0 amide bonds. The van der Waals surface area contributed by atoms with Gasteiger partial charge in [0.1, 0.15) is 11.8 Å². The zero-order valence-electron chi connectivity index (χ0n) is 10.6. The van der Waals surface area contributed by atoms with E-state index in [-0.39, 0.29) is 0 Å². The van der Waals surface area contributed by atoms with Crippen LogP contribution in [0.3, 0.4) is 0 Å². The maximum Gasteiger partial charge on any atom is 0.181 e. The first kappa shape index (κ1) is 12.2. The molecule has 0 aliphatic carbocycles. The van der Waals surface area contributed by atoms with Crippen LogP contribution in [0, 0.1) is 18.3 Å². The van der Waals surface area contributed by atoms with Crippen molar-refractivity contribution in [3.8, 4) is 22.9 Å². The number of benzene rings is 2. The molecule has 18 heavy (non-hydrogen) atoms. The lowest BCUT2D eigenvalue weighted by molar-refractivity contribution is 0.277. The van der Waals surface area contributed by atoms with E-state index >= 15 is 0 Å². The monoisotopic (exact) mass is 237 g/mol. The standard InChI is InChI=1S/C16H15NO/c1-12-7-3-4-8-14(12)15-9-5-6-10-16(15)18-13(2)11-17/h3-10,13H,1-2H3/t13-/m0/s1. The summed E-state index contributed by atoms with van der Waals surface area (Å²) < 4.78 is 5.64. The van der Waals surface area contributed by atoms with Gasteiger partial charge in [-0.3, -0.25) is 0 Å². The predicted octanol–water partition coefficient (Wildman–Crippen LogP) is 3.95. The van der Waals surface area contributed by atoms with Crippen molar-refractivity contribution in [2.24, 2.45) is 0 Å². The summed E-state index contributed by atoms with van der Waals surface area (Å²) in [6.07, 6.45) is -0.449. The van der Waals surface area contributed by atoms with Crippen LogP contribution in [0.4, 0.5) is 0 Å². The van der Waals surface area contributed by atoms with E-state index in [0.717, 1.165) is 16.9 Å². The Morgan fingerprint density at radius 2 is 1.61 bits per heavy atom. The number of rotatable bonds is 3. The Kier molecular flexibility index (Phi) is 3.64. The fraction of sp³-hybridized carbons (Fsp3) is 0.188. The molecule has 2 nitrogen and oxygen atoms in total. The van der Waals surface area contributed by atoms with Crippen molar-refractivity contribution in [3.63, 3.8) is 0 Å². The summed E-state index contributed by atoms with van der Waals surface area (Å²) >= 11 is 0. The van der Waals surface area contributed by atoms with Crippen molar-refractivity contribution >= 4 is 0 Å². The highest BCUT2D eigenvalue weighted by Gasteiger charge is 2.10. The van der Waals surface area contributed by atoms with E-state index in [0.29, 0.717) is 0 Å². The van der Waals surface area contributed by atoms with Gasteiger partial charge < -0.3 is 4.74 Å². The minimum Gasteiger partial charge on any atom is -0.475 e. The summed E-state index contributed by atoms with van der Waals surface area (Å²) in [4.78, 5) is 0. The number of nitriles is 1. The van der Waals surface area contributed by atoms with Crippen LogP contribution in [0.15, 0.2) is 48.5 Å². The minimum atomic E-state index is -0.449. The van der Waals surface area contributed by atoms with E-state index in [1.165, 1.54) is 5.56 Å². The molecule has 0 radical (unpaired) electrons. The van der Waals surface area contributed by atoms with Gasteiger partial charge in [-0.15, -0.1) is 0 Å². The van der Waals surface area contributed by atoms with Crippen molar-refractivity contribution in [2.75, 3.05) is 0 Å². The molecule has 0 N–H and O–H groups in total. The fourth-order valence-corrected chi connectivity index (χ4v) is 1.88. The molecule has 0 aliphatic rings. The van der Waals surface area contributed by atoms with Crippen molar-refractivity contribution in [3.05, 3.63) is 54.1 Å². The zero-order chi connectivity index (χ0) is 13.0. The Labute approximate surface area is 107 Å². The third-order valence-corrected chi connectivity index (χ3v) is 2.81. The summed E-state index contributed by atoms with van der Waals surface area (Å²) in [6.45, 7) is 3.81. The van der Waals surface area contributed by atoms with Gasteiger partial charge in [0.05, 0.1) is 0 Å². The molecule has 2 aromatic rings. The van der Waals surface area contributed by atoms with E-state index in [1.54, 1.807) is 6.92 Å². The van der Waals surface area contributed by atoms with Gasteiger partial charge in [-0.05, 0) is 31.0 Å². The molecule has 0 bridgehead atoms. The Hall–Kier alpha value is -2.27. The maximum absolute atomic E-state index is 8.84. The van der Waals surface area contributed by atoms with Crippen LogP contribution in [0.1, 0.15) is 12.5 Å². The van der Waals surface area contributed by atoms with E-state index in [9.17, 15) is 0 Å². The van der Waals surface area contributed by atoms with Crippen molar-refractivity contribution in [2.45, 2.75) is 20.0 Å². The van der Waals surface area contributed by atoms with Gasteiger partial charge in [0.25, 0.3) is 0 Å². The summed E-state index contributed by atoms with van der Waals surface area (Å²) in [5, 5.41) is 8.84. The molecule has 2 rings (SSSR count). The van der Waals surface area contributed by atoms with Gasteiger partial charge in [0.2, 0.25) is 0 Å². The molecule has 0 spiro atoms. The summed E-state index contributed by atoms with van der Waals surface area (Å²) in [7, 11) is 0. The van der Waals surface area contributed by atoms with Gasteiger partial charge in [-0.1, -0.05) is 42.5 Å². The van der Waals surface area contributed by atoms with Gasteiger partial charge in [-0.2, -0.15) is 5.26 Å². The second kappa shape index (κ2) is 5.37. The smallest absolute Gasteiger partial charge is 0.181 e. The lowest BCUT2D eigenvalue weighted by atomic mass is 10.00. The third-order valence-electron chi connectivity index (χ3n) is 2.81. The van der Waals surface area contributed by atoms with Gasteiger partial charge in [-0.25, -0.2) is 0 Å². The van der Waals surface area contributed by atoms with Gasteiger partial charge >= 0.3 is 0 Å². The number of para-hydroxylation sites is 1. The SMILES string of the molecule is Cc1ccccc1-c1ccccc1O[C@@H](C)C#N. The van der Waals surface area contributed by atoms with E-state index in [1.807, 2.05) is 36.4 Å². The van der Waals surface area contributed by atoms with E-state index in [2.05, 4.69) is 25.1 Å². The first-order chi connectivity index (χ1) is 8.72. The molecule has 2 aromatic carbocycles. The lowest BCUT2D eigenvalue weighted by Crippen LogP contribution is -2.08. The summed E-state index contributed by atoms with van der Waals surface area (Å²) in [5.74, 6) is 0.751. The Morgan fingerprint density at radius 3 is 2.28 bits per heavy atom. The first-order valence-electron chi connectivity index (χ1n) is 5.93. The first-order valence-corrected chi connectivity index (χ1v) is 5.93. The van der Waals surface area contributed by atoms with Crippen LogP contribution in [-0.4, -0.2) is 6.10 Å². The lowest BCUT2D eigenvalue weighted by Gasteiger charge is -2.14. The zero-order valence-corrected chi connectivity index (χ0v) is 10.6. The molecule has 0 unspecified atom stereocenters. The Balaban J connectivity index is 2.46. The fourth-order valence-electron chi connectivity index (χ4n) is 1.88. The molecule has 0 fully saturated rings. The largest absolute Gasteiger partial charge is 0.475 e. The molecule has 90 valence electrons. The molecule has 2 heteroatoms. The van der Waals surface area contributed by atoms with E-state index < -0.39 is 6.10 Å².